The highest BCUT2D eigenvalue weighted by Crippen LogP contribution is 2.40. The van der Waals surface area contributed by atoms with E-state index in [9.17, 15) is 19.2 Å². The van der Waals surface area contributed by atoms with E-state index in [2.05, 4.69) is 5.32 Å². The van der Waals surface area contributed by atoms with Crippen LogP contribution in [0.4, 0.5) is 5.69 Å². The number of esters is 1. The van der Waals surface area contributed by atoms with Gasteiger partial charge in [-0.15, -0.1) is 0 Å². The van der Waals surface area contributed by atoms with E-state index >= 15 is 0 Å². The third kappa shape index (κ3) is 4.59. The van der Waals surface area contributed by atoms with Crippen LogP contribution in [0.25, 0.3) is 11.1 Å². The minimum Gasteiger partial charge on any atom is -0.445 e. The molecule has 2 amide bonds. The number of nitrogens with two attached hydrogens (primary N) is 1. The average Bonchev–Trinajstić information content (AvgIpc) is 3.60. The highest BCUT2D eigenvalue weighted by molar-refractivity contribution is 6.14. The molecule has 172 valence electrons. The lowest BCUT2D eigenvalue weighted by Crippen LogP contribution is -2.35. The van der Waals surface area contributed by atoms with E-state index in [1.165, 1.54) is 6.92 Å². The molecule has 0 saturated heterocycles. The van der Waals surface area contributed by atoms with Gasteiger partial charge in [-0.2, -0.15) is 0 Å². The Balaban J connectivity index is 1.70. The molecule has 1 aliphatic rings. The summed E-state index contributed by atoms with van der Waals surface area (Å²) in [6.45, 7) is 3.26. The summed E-state index contributed by atoms with van der Waals surface area (Å²) in [6.07, 6.45) is 0.841. The molecule has 0 aromatic heterocycles. The SMILES string of the molecule is CC(=O)Nc1cc(-c2cc(C(=O)OC3(C(N)=O)CC3)ccc2C)ccc1C(=O)c1ccccc1. The van der Waals surface area contributed by atoms with Crippen LogP contribution in [-0.4, -0.2) is 29.2 Å². The molecule has 3 aromatic rings. The first-order chi connectivity index (χ1) is 16.2. The first kappa shape index (κ1) is 22.9. The van der Waals surface area contributed by atoms with E-state index in [4.69, 9.17) is 10.5 Å². The average molecular weight is 456 g/mol. The molecule has 0 heterocycles. The largest absolute Gasteiger partial charge is 0.445 e. The molecular weight excluding hydrogens is 432 g/mol. The van der Waals surface area contributed by atoms with Gasteiger partial charge in [-0.05, 0) is 47.9 Å². The van der Waals surface area contributed by atoms with Gasteiger partial charge >= 0.3 is 5.97 Å². The highest BCUT2D eigenvalue weighted by atomic mass is 16.6. The number of carbonyl (C=O) groups excluding carboxylic acids is 4. The molecule has 3 aromatic carbocycles. The van der Waals surface area contributed by atoms with Gasteiger partial charge in [0.15, 0.2) is 11.4 Å². The monoisotopic (exact) mass is 456 g/mol. The lowest BCUT2D eigenvalue weighted by molar-refractivity contribution is -0.128. The van der Waals surface area contributed by atoms with Gasteiger partial charge in [0, 0.05) is 30.9 Å². The van der Waals surface area contributed by atoms with Crippen molar-refractivity contribution < 1.29 is 23.9 Å². The topological polar surface area (TPSA) is 116 Å². The van der Waals surface area contributed by atoms with E-state index in [0.717, 1.165) is 11.1 Å². The Morgan fingerprint density at radius 1 is 0.912 bits per heavy atom. The Hall–Kier alpha value is -4.26. The maximum atomic E-state index is 13.1. The number of benzene rings is 3. The third-order valence-corrected chi connectivity index (χ3v) is 5.84. The number of anilines is 1. The third-order valence-electron chi connectivity index (χ3n) is 5.84. The Morgan fingerprint density at radius 3 is 2.24 bits per heavy atom. The summed E-state index contributed by atoms with van der Waals surface area (Å²) in [5, 5.41) is 2.74. The van der Waals surface area contributed by atoms with E-state index in [1.807, 2.05) is 13.0 Å². The summed E-state index contributed by atoms with van der Waals surface area (Å²) in [4.78, 5) is 49.2. The Labute approximate surface area is 196 Å². The van der Waals surface area contributed by atoms with Crippen molar-refractivity contribution in [1.29, 1.82) is 0 Å². The van der Waals surface area contributed by atoms with Crippen molar-refractivity contribution in [2.75, 3.05) is 5.32 Å². The van der Waals surface area contributed by atoms with E-state index in [0.29, 0.717) is 35.2 Å². The number of ketones is 1. The van der Waals surface area contributed by atoms with Crippen molar-refractivity contribution >= 4 is 29.3 Å². The Morgan fingerprint density at radius 2 is 1.62 bits per heavy atom. The van der Waals surface area contributed by atoms with Crippen molar-refractivity contribution in [3.63, 3.8) is 0 Å². The predicted octanol–water partition coefficient (Wildman–Crippen LogP) is 4.03. The summed E-state index contributed by atoms with van der Waals surface area (Å²) in [6, 6.07) is 19.0. The number of amides is 2. The van der Waals surface area contributed by atoms with Gasteiger partial charge < -0.3 is 15.8 Å². The van der Waals surface area contributed by atoms with Gasteiger partial charge in [0.2, 0.25) is 5.91 Å². The predicted molar refractivity (Wildman–Crippen MR) is 127 cm³/mol. The number of ether oxygens (including phenoxy) is 1. The van der Waals surface area contributed by atoms with Crippen molar-refractivity contribution in [2.24, 2.45) is 5.73 Å². The molecule has 0 atom stereocenters. The molecule has 1 aliphatic carbocycles. The van der Waals surface area contributed by atoms with Crippen LogP contribution in [0.1, 0.15) is 51.6 Å². The quantitative estimate of drug-likeness (QED) is 0.411. The van der Waals surface area contributed by atoms with Crippen molar-refractivity contribution in [2.45, 2.75) is 32.3 Å². The summed E-state index contributed by atoms with van der Waals surface area (Å²) in [5.74, 6) is -1.80. The molecule has 4 rings (SSSR count). The smallest absolute Gasteiger partial charge is 0.339 e. The molecule has 7 nitrogen and oxygen atoms in total. The Bertz CT molecular complexity index is 1310. The van der Waals surface area contributed by atoms with Crippen LogP contribution in [0.5, 0.6) is 0 Å². The molecule has 0 spiro atoms. The van der Waals surface area contributed by atoms with Crippen LogP contribution >= 0.6 is 0 Å². The van der Waals surface area contributed by atoms with Gasteiger partial charge in [0.1, 0.15) is 0 Å². The number of aryl methyl sites for hydroxylation is 1. The zero-order valence-electron chi connectivity index (χ0n) is 18.9. The maximum absolute atomic E-state index is 13.1. The minimum atomic E-state index is -1.21. The zero-order chi connectivity index (χ0) is 24.5. The van der Waals surface area contributed by atoms with Crippen LogP contribution in [0.15, 0.2) is 66.7 Å². The molecule has 34 heavy (non-hydrogen) atoms. The van der Waals surface area contributed by atoms with Gasteiger partial charge in [-0.1, -0.05) is 42.5 Å². The molecule has 3 N–H and O–H groups in total. The van der Waals surface area contributed by atoms with Crippen molar-refractivity contribution in [3.8, 4) is 11.1 Å². The van der Waals surface area contributed by atoms with Gasteiger partial charge in [-0.3, -0.25) is 14.4 Å². The van der Waals surface area contributed by atoms with E-state index < -0.39 is 17.5 Å². The van der Waals surface area contributed by atoms with Crippen LogP contribution < -0.4 is 11.1 Å². The molecule has 1 fully saturated rings. The first-order valence-electron chi connectivity index (χ1n) is 10.9. The van der Waals surface area contributed by atoms with Crippen molar-refractivity contribution in [3.05, 3.63) is 89.0 Å². The zero-order valence-corrected chi connectivity index (χ0v) is 18.9. The van der Waals surface area contributed by atoms with Crippen molar-refractivity contribution in [1.82, 2.24) is 0 Å². The van der Waals surface area contributed by atoms with Crippen LogP contribution in [0.2, 0.25) is 0 Å². The second kappa shape index (κ2) is 8.94. The molecule has 1 saturated carbocycles. The molecule has 0 unspecified atom stereocenters. The van der Waals surface area contributed by atoms with Crippen LogP contribution in [0.3, 0.4) is 0 Å². The standard InChI is InChI=1S/C27H24N2O5/c1-16-8-9-20(25(32)34-27(12-13-27)26(28)33)14-22(16)19-10-11-21(23(15-19)29-17(2)30)24(31)18-6-4-3-5-7-18/h3-11,14-15H,12-13H2,1-2H3,(H2,28,33)(H,29,30). The van der Waals surface area contributed by atoms with E-state index in [-0.39, 0.29) is 17.3 Å². The maximum Gasteiger partial charge on any atom is 0.339 e. The molecular formula is C27H24N2O5. The number of primary amides is 1. The van der Waals surface area contributed by atoms with Gasteiger partial charge in [-0.25, -0.2) is 4.79 Å². The number of rotatable bonds is 7. The number of carbonyl (C=O) groups is 4. The fourth-order valence-corrected chi connectivity index (χ4v) is 3.76. The number of hydrogen-bond acceptors (Lipinski definition) is 5. The highest BCUT2D eigenvalue weighted by Gasteiger charge is 2.53. The lowest BCUT2D eigenvalue weighted by atomic mass is 9.94. The molecule has 0 aliphatic heterocycles. The first-order valence-corrected chi connectivity index (χ1v) is 10.9. The number of hydrogen-bond donors (Lipinski definition) is 2. The molecule has 0 radical (unpaired) electrons. The fraction of sp³-hybridized carbons (Fsp3) is 0.185. The van der Waals surface area contributed by atoms with E-state index in [1.54, 1.807) is 60.7 Å². The van der Waals surface area contributed by atoms with Gasteiger partial charge in [0.25, 0.3) is 5.91 Å². The second-order valence-corrected chi connectivity index (χ2v) is 8.41. The summed E-state index contributed by atoms with van der Waals surface area (Å²) in [7, 11) is 0. The fourth-order valence-electron chi connectivity index (χ4n) is 3.76. The summed E-state index contributed by atoms with van der Waals surface area (Å²) < 4.78 is 5.39. The molecule has 0 bridgehead atoms. The van der Waals surface area contributed by atoms with Gasteiger partial charge in [0.05, 0.1) is 11.3 Å². The molecule has 7 heteroatoms. The number of nitrogens with one attached hydrogen (secondary N) is 1. The second-order valence-electron chi connectivity index (χ2n) is 8.41. The Kier molecular flexibility index (Phi) is 6.03. The lowest BCUT2D eigenvalue weighted by Gasteiger charge is -2.15. The summed E-state index contributed by atoms with van der Waals surface area (Å²) in [5.41, 5.74) is 7.98. The summed E-state index contributed by atoms with van der Waals surface area (Å²) >= 11 is 0. The minimum absolute atomic E-state index is 0.217. The van der Waals surface area contributed by atoms with Crippen LogP contribution in [0, 0.1) is 6.92 Å². The van der Waals surface area contributed by atoms with Crippen LogP contribution in [-0.2, 0) is 14.3 Å². The normalized spacial score (nSPS) is 13.6.